The molecule has 0 aliphatic carbocycles. The van der Waals surface area contributed by atoms with Crippen LogP contribution in [0.1, 0.15) is 37.9 Å². The number of amides is 2. The maximum Gasteiger partial charge on any atom is 0.338 e. The van der Waals surface area contributed by atoms with E-state index >= 15 is 0 Å². The molecule has 0 saturated heterocycles. The van der Waals surface area contributed by atoms with Gasteiger partial charge in [0, 0.05) is 21.3 Å². The molecule has 0 fully saturated rings. The molecule has 9 heteroatoms. The van der Waals surface area contributed by atoms with Gasteiger partial charge in [-0.2, -0.15) is 0 Å². The summed E-state index contributed by atoms with van der Waals surface area (Å²) >= 11 is 12.5. The summed E-state index contributed by atoms with van der Waals surface area (Å²) < 4.78 is 16.7. The molecular formula is C24H26Cl2N2O5. The molecule has 1 heterocycles. The third kappa shape index (κ3) is 5.54. The van der Waals surface area contributed by atoms with E-state index in [1.165, 1.54) is 7.11 Å². The van der Waals surface area contributed by atoms with Crippen LogP contribution in [0.2, 0.25) is 10.0 Å². The Morgan fingerprint density at radius 2 is 1.82 bits per heavy atom. The van der Waals surface area contributed by atoms with Crippen molar-refractivity contribution in [2.75, 3.05) is 13.7 Å². The summed E-state index contributed by atoms with van der Waals surface area (Å²) in [4.78, 5) is 25.1. The minimum Gasteiger partial charge on any atom is -0.493 e. The van der Waals surface area contributed by atoms with Gasteiger partial charge in [0.2, 0.25) is 0 Å². The Hall–Kier alpha value is -2.90. The predicted molar refractivity (Wildman–Crippen MR) is 127 cm³/mol. The quantitative estimate of drug-likeness (QED) is 0.481. The highest BCUT2D eigenvalue weighted by molar-refractivity contribution is 6.35. The van der Waals surface area contributed by atoms with Crippen molar-refractivity contribution in [2.45, 2.75) is 33.4 Å². The Morgan fingerprint density at radius 1 is 1.12 bits per heavy atom. The van der Waals surface area contributed by atoms with E-state index in [2.05, 4.69) is 10.6 Å². The number of hydrogen-bond acceptors (Lipinski definition) is 5. The van der Waals surface area contributed by atoms with E-state index in [1.54, 1.807) is 43.3 Å². The first-order valence-corrected chi connectivity index (χ1v) is 11.2. The van der Waals surface area contributed by atoms with E-state index in [-0.39, 0.29) is 19.1 Å². The number of methoxy groups -OCH3 is 1. The fourth-order valence-corrected chi connectivity index (χ4v) is 4.04. The second-order valence-corrected chi connectivity index (χ2v) is 8.45. The van der Waals surface area contributed by atoms with Crippen molar-refractivity contribution in [2.24, 2.45) is 5.92 Å². The molecule has 2 aromatic carbocycles. The van der Waals surface area contributed by atoms with Crippen LogP contribution < -0.4 is 20.1 Å². The average molecular weight is 493 g/mol. The van der Waals surface area contributed by atoms with Crippen LogP contribution in [0.25, 0.3) is 0 Å². The molecule has 1 atom stereocenters. The van der Waals surface area contributed by atoms with Gasteiger partial charge in [0.15, 0.2) is 11.5 Å². The number of carbonyl (C=O) groups is 2. The zero-order valence-corrected chi connectivity index (χ0v) is 20.3. The minimum atomic E-state index is -0.712. The number of halogens is 2. The lowest BCUT2D eigenvalue weighted by molar-refractivity contribution is -0.139. The highest BCUT2D eigenvalue weighted by Crippen LogP contribution is 2.36. The number of nitrogens with one attached hydrogen (secondary N) is 2. The van der Waals surface area contributed by atoms with E-state index in [4.69, 9.17) is 37.4 Å². The molecule has 3 rings (SSSR count). The molecule has 2 N–H and O–H groups in total. The summed E-state index contributed by atoms with van der Waals surface area (Å²) in [5.74, 6) is 0.301. The molecule has 0 spiro atoms. The van der Waals surface area contributed by atoms with Crippen LogP contribution in [-0.4, -0.2) is 25.7 Å². The Balaban J connectivity index is 1.96. The Labute approximate surface area is 203 Å². The lowest BCUT2D eigenvalue weighted by Crippen LogP contribution is -2.47. The summed E-state index contributed by atoms with van der Waals surface area (Å²) in [6.45, 7) is 5.89. The topological polar surface area (TPSA) is 85.9 Å². The van der Waals surface area contributed by atoms with Crippen LogP contribution in [0.4, 0.5) is 4.79 Å². The van der Waals surface area contributed by atoms with Crippen LogP contribution in [-0.2, 0) is 16.1 Å². The number of carbonyl (C=O) groups excluding carboxylic acids is 2. The third-order valence-corrected chi connectivity index (χ3v) is 5.84. The van der Waals surface area contributed by atoms with Gasteiger partial charge in [0.1, 0.15) is 6.61 Å². The van der Waals surface area contributed by atoms with Crippen molar-refractivity contribution in [3.05, 3.63) is 68.8 Å². The van der Waals surface area contributed by atoms with Gasteiger partial charge in [-0.05, 0) is 42.7 Å². The number of rotatable bonds is 8. The monoisotopic (exact) mass is 492 g/mol. The summed E-state index contributed by atoms with van der Waals surface area (Å²) in [5.41, 5.74) is 2.18. The molecule has 176 valence electrons. The molecule has 0 saturated carbocycles. The fraction of sp³-hybridized carbons (Fsp3) is 0.333. The van der Waals surface area contributed by atoms with E-state index in [1.807, 2.05) is 13.8 Å². The highest BCUT2D eigenvalue weighted by atomic mass is 35.5. The van der Waals surface area contributed by atoms with Gasteiger partial charge < -0.3 is 24.8 Å². The first-order valence-electron chi connectivity index (χ1n) is 10.5. The number of allylic oxidation sites excluding steroid dienone is 1. The largest absolute Gasteiger partial charge is 0.493 e. The van der Waals surface area contributed by atoms with Crippen molar-refractivity contribution in [1.29, 1.82) is 0 Å². The molecule has 7 nitrogen and oxygen atoms in total. The third-order valence-electron chi connectivity index (χ3n) is 5.13. The highest BCUT2D eigenvalue weighted by Gasteiger charge is 2.35. The Bertz CT molecular complexity index is 1060. The average Bonchev–Trinajstić information content (AvgIpc) is 2.78. The van der Waals surface area contributed by atoms with E-state index in [0.717, 1.165) is 0 Å². The summed E-state index contributed by atoms with van der Waals surface area (Å²) in [6, 6.07) is 9.32. The van der Waals surface area contributed by atoms with Gasteiger partial charge in [0.25, 0.3) is 0 Å². The van der Waals surface area contributed by atoms with Crippen molar-refractivity contribution in [3.8, 4) is 11.5 Å². The van der Waals surface area contributed by atoms with Crippen molar-refractivity contribution >= 4 is 35.2 Å². The molecule has 1 aliphatic rings. The van der Waals surface area contributed by atoms with Crippen LogP contribution in [0.5, 0.6) is 11.5 Å². The lowest BCUT2D eigenvalue weighted by atomic mass is 9.91. The van der Waals surface area contributed by atoms with Gasteiger partial charge in [-0.25, -0.2) is 9.59 Å². The van der Waals surface area contributed by atoms with Gasteiger partial charge in [-0.15, -0.1) is 0 Å². The molecule has 33 heavy (non-hydrogen) atoms. The zero-order chi connectivity index (χ0) is 24.1. The molecule has 0 radical (unpaired) electrons. The van der Waals surface area contributed by atoms with Gasteiger partial charge >= 0.3 is 12.0 Å². The molecule has 0 bridgehead atoms. The van der Waals surface area contributed by atoms with Crippen LogP contribution in [0, 0.1) is 5.92 Å². The second-order valence-electron chi connectivity index (χ2n) is 7.63. The maximum atomic E-state index is 12.8. The number of urea groups is 1. The normalized spacial score (nSPS) is 15.7. The molecule has 1 aliphatic heterocycles. The summed E-state index contributed by atoms with van der Waals surface area (Å²) in [5, 5.41) is 6.55. The van der Waals surface area contributed by atoms with Gasteiger partial charge in [-0.1, -0.05) is 49.2 Å². The molecule has 2 amide bonds. The minimum absolute atomic E-state index is 0.0946. The summed E-state index contributed by atoms with van der Waals surface area (Å²) in [6.07, 6.45) is 0. The van der Waals surface area contributed by atoms with E-state index in [0.29, 0.717) is 43.9 Å². The van der Waals surface area contributed by atoms with E-state index < -0.39 is 18.0 Å². The maximum absolute atomic E-state index is 12.8. The molecular weight excluding hydrogens is 467 g/mol. The van der Waals surface area contributed by atoms with Crippen molar-refractivity contribution in [1.82, 2.24) is 10.6 Å². The van der Waals surface area contributed by atoms with E-state index in [9.17, 15) is 9.59 Å². The Morgan fingerprint density at radius 3 is 2.42 bits per heavy atom. The predicted octanol–water partition coefficient (Wildman–Crippen LogP) is 5.41. The molecule has 2 aromatic rings. The summed E-state index contributed by atoms with van der Waals surface area (Å²) in [7, 11) is 1.51. The standard InChI is InChI=1S/C24H26Cl2N2O5/c1-5-32-23(29)20-21(13(2)3)27-24(30)28-22(20)14-9-10-18(19(11-14)31-4)33-12-15-16(25)7-6-8-17(15)26/h6-11,13,22H,5,12H2,1-4H3,(H2,27,28,30). The zero-order valence-electron chi connectivity index (χ0n) is 18.8. The van der Waals surface area contributed by atoms with Crippen molar-refractivity contribution in [3.63, 3.8) is 0 Å². The van der Waals surface area contributed by atoms with Crippen LogP contribution in [0.3, 0.4) is 0 Å². The lowest BCUT2D eigenvalue weighted by Gasteiger charge is -2.31. The van der Waals surface area contributed by atoms with Gasteiger partial charge in [0.05, 0.1) is 25.3 Å². The smallest absolute Gasteiger partial charge is 0.338 e. The fourth-order valence-electron chi connectivity index (χ4n) is 3.53. The number of hydrogen-bond donors (Lipinski definition) is 2. The van der Waals surface area contributed by atoms with Gasteiger partial charge in [-0.3, -0.25) is 0 Å². The number of ether oxygens (including phenoxy) is 3. The Kier molecular flexibility index (Phi) is 8.10. The first-order chi connectivity index (χ1) is 15.8. The molecule has 0 aromatic heterocycles. The second kappa shape index (κ2) is 10.8. The first kappa shape index (κ1) is 24.7. The van der Waals surface area contributed by atoms with Crippen LogP contribution in [0.15, 0.2) is 47.7 Å². The number of esters is 1. The SMILES string of the molecule is CCOC(=O)C1=C(C(C)C)NC(=O)NC1c1ccc(OCc2c(Cl)cccc2Cl)c(OC)c1. The molecule has 1 unspecified atom stereocenters. The number of benzene rings is 2. The van der Waals surface area contributed by atoms with Crippen molar-refractivity contribution < 1.29 is 23.8 Å². The van der Waals surface area contributed by atoms with Crippen LogP contribution >= 0.6 is 23.2 Å².